The Kier molecular flexibility index (Phi) is 2.81. The summed E-state index contributed by atoms with van der Waals surface area (Å²) in [6.45, 7) is 2.06. The number of nitrogens with one attached hydrogen (secondary N) is 1. The molecule has 17 heavy (non-hydrogen) atoms. The fraction of sp³-hybridized carbons (Fsp3) is 0.538. The molecule has 0 amide bonds. The first kappa shape index (κ1) is 10.7. The van der Waals surface area contributed by atoms with E-state index in [1.165, 1.54) is 12.8 Å². The van der Waals surface area contributed by atoms with E-state index in [0.29, 0.717) is 24.7 Å². The van der Waals surface area contributed by atoms with E-state index in [4.69, 9.17) is 9.47 Å². The summed E-state index contributed by atoms with van der Waals surface area (Å²) < 4.78 is 10.9. The summed E-state index contributed by atoms with van der Waals surface area (Å²) in [5, 5.41) is 13.7. The molecule has 1 atom stereocenters. The van der Waals surface area contributed by atoms with Gasteiger partial charge in [-0.25, -0.2) is 0 Å². The van der Waals surface area contributed by atoms with Crippen molar-refractivity contribution in [1.29, 1.82) is 0 Å². The van der Waals surface area contributed by atoms with Crippen LogP contribution in [0.1, 0.15) is 30.9 Å². The van der Waals surface area contributed by atoms with Gasteiger partial charge in [0.15, 0.2) is 11.5 Å². The maximum absolute atomic E-state index is 10.2. The fourth-order valence-corrected chi connectivity index (χ4v) is 2.51. The Morgan fingerprint density at radius 3 is 2.88 bits per heavy atom. The van der Waals surface area contributed by atoms with E-state index < -0.39 is 0 Å². The Balaban J connectivity index is 1.94. The van der Waals surface area contributed by atoms with E-state index in [-0.39, 0.29) is 11.8 Å². The van der Waals surface area contributed by atoms with Crippen molar-refractivity contribution < 1.29 is 14.6 Å². The molecule has 0 spiro atoms. The third-order valence-corrected chi connectivity index (χ3v) is 3.40. The molecule has 92 valence electrons. The number of hydrogen-bond acceptors (Lipinski definition) is 4. The van der Waals surface area contributed by atoms with Crippen LogP contribution in [0.2, 0.25) is 0 Å². The van der Waals surface area contributed by atoms with Gasteiger partial charge in [0.25, 0.3) is 0 Å². The van der Waals surface area contributed by atoms with Crippen LogP contribution in [0.4, 0.5) is 0 Å². The molecule has 2 N–H and O–H groups in total. The van der Waals surface area contributed by atoms with Crippen LogP contribution < -0.4 is 14.8 Å². The molecule has 1 saturated heterocycles. The van der Waals surface area contributed by atoms with E-state index in [9.17, 15) is 5.11 Å². The van der Waals surface area contributed by atoms with Gasteiger partial charge in [0.1, 0.15) is 13.2 Å². The van der Waals surface area contributed by atoms with Crippen LogP contribution in [-0.2, 0) is 0 Å². The molecule has 1 aromatic carbocycles. The molecule has 0 saturated carbocycles. The summed E-state index contributed by atoms with van der Waals surface area (Å²) in [6.07, 6.45) is 3.47. The molecule has 2 heterocycles. The second-order valence-electron chi connectivity index (χ2n) is 4.53. The van der Waals surface area contributed by atoms with Gasteiger partial charge in [-0.15, -0.1) is 0 Å². The van der Waals surface area contributed by atoms with Crippen LogP contribution in [0.15, 0.2) is 12.1 Å². The Labute approximate surface area is 101 Å². The van der Waals surface area contributed by atoms with Gasteiger partial charge in [-0.2, -0.15) is 0 Å². The van der Waals surface area contributed by atoms with Crippen LogP contribution in [0, 0.1) is 0 Å². The Hall–Kier alpha value is -1.42. The number of phenolic OH excluding ortho intramolecular Hbond substituents is 1. The maximum atomic E-state index is 10.2. The van der Waals surface area contributed by atoms with Gasteiger partial charge >= 0.3 is 0 Å². The molecular formula is C13H17NO3. The van der Waals surface area contributed by atoms with Crippen molar-refractivity contribution in [3.63, 3.8) is 0 Å². The summed E-state index contributed by atoms with van der Waals surface area (Å²) in [5.41, 5.74) is 0.925. The normalized spacial score (nSPS) is 23.4. The maximum Gasteiger partial charge on any atom is 0.203 e. The minimum Gasteiger partial charge on any atom is -0.504 e. The number of hydrogen-bond donors (Lipinski definition) is 2. The predicted molar refractivity (Wildman–Crippen MR) is 63.7 cm³/mol. The van der Waals surface area contributed by atoms with Crippen molar-refractivity contribution >= 4 is 0 Å². The van der Waals surface area contributed by atoms with Crippen LogP contribution in [0.25, 0.3) is 0 Å². The van der Waals surface area contributed by atoms with Crippen molar-refractivity contribution in [2.24, 2.45) is 0 Å². The zero-order valence-electron chi connectivity index (χ0n) is 9.74. The van der Waals surface area contributed by atoms with Gasteiger partial charge in [0.2, 0.25) is 5.75 Å². The monoisotopic (exact) mass is 235 g/mol. The number of fused-ring (bicyclic) bond motifs is 1. The Morgan fingerprint density at radius 1 is 1.18 bits per heavy atom. The standard InChI is InChI=1S/C13H17NO3/c15-12-9(10-3-1-2-6-14-10)4-5-11-13(12)17-8-7-16-11/h4-5,10,14-15H,1-3,6-8H2. The quantitative estimate of drug-likeness (QED) is 0.781. The summed E-state index contributed by atoms with van der Waals surface area (Å²) in [4.78, 5) is 0. The second-order valence-corrected chi connectivity index (χ2v) is 4.53. The Morgan fingerprint density at radius 2 is 2.06 bits per heavy atom. The van der Waals surface area contributed by atoms with Crippen LogP contribution in [-0.4, -0.2) is 24.9 Å². The first-order chi connectivity index (χ1) is 8.36. The molecule has 0 bridgehead atoms. The number of aromatic hydroxyl groups is 1. The number of phenols is 1. The molecule has 4 heteroatoms. The van der Waals surface area contributed by atoms with Crippen LogP contribution in [0.3, 0.4) is 0 Å². The first-order valence-corrected chi connectivity index (χ1v) is 6.21. The summed E-state index contributed by atoms with van der Waals surface area (Å²) in [7, 11) is 0. The number of benzene rings is 1. The molecule has 0 radical (unpaired) electrons. The van der Waals surface area contributed by atoms with Gasteiger partial charge < -0.3 is 19.9 Å². The highest BCUT2D eigenvalue weighted by molar-refractivity contribution is 5.56. The minimum absolute atomic E-state index is 0.236. The molecule has 1 unspecified atom stereocenters. The molecule has 1 fully saturated rings. The van der Waals surface area contributed by atoms with Crippen molar-refractivity contribution in [3.8, 4) is 17.2 Å². The van der Waals surface area contributed by atoms with Gasteiger partial charge in [-0.1, -0.05) is 6.42 Å². The van der Waals surface area contributed by atoms with Gasteiger partial charge in [0, 0.05) is 11.6 Å². The lowest BCUT2D eigenvalue weighted by atomic mass is 9.96. The first-order valence-electron chi connectivity index (χ1n) is 6.21. The van der Waals surface area contributed by atoms with Gasteiger partial charge in [-0.05, 0) is 31.5 Å². The lowest BCUT2D eigenvalue weighted by Crippen LogP contribution is -2.27. The van der Waals surface area contributed by atoms with Crippen molar-refractivity contribution in [1.82, 2.24) is 5.32 Å². The molecule has 0 aliphatic carbocycles. The third kappa shape index (κ3) is 1.93. The van der Waals surface area contributed by atoms with Crippen molar-refractivity contribution in [3.05, 3.63) is 17.7 Å². The number of piperidine rings is 1. The molecule has 3 rings (SSSR count). The lowest BCUT2D eigenvalue weighted by Gasteiger charge is -2.27. The highest BCUT2D eigenvalue weighted by atomic mass is 16.6. The van der Waals surface area contributed by atoms with E-state index in [2.05, 4.69) is 5.32 Å². The van der Waals surface area contributed by atoms with Crippen LogP contribution >= 0.6 is 0 Å². The minimum atomic E-state index is 0.236. The summed E-state index contributed by atoms with van der Waals surface area (Å²) >= 11 is 0. The van der Waals surface area contributed by atoms with Gasteiger partial charge in [-0.3, -0.25) is 0 Å². The number of ether oxygens (including phenoxy) is 2. The largest absolute Gasteiger partial charge is 0.504 e. The Bertz CT molecular complexity index is 413. The zero-order valence-corrected chi connectivity index (χ0v) is 9.74. The summed E-state index contributed by atoms with van der Waals surface area (Å²) in [6, 6.07) is 4.06. The molecule has 2 aliphatic heterocycles. The van der Waals surface area contributed by atoms with Gasteiger partial charge in [0.05, 0.1) is 0 Å². The zero-order chi connectivity index (χ0) is 11.7. The summed E-state index contributed by atoms with van der Waals surface area (Å²) in [5.74, 6) is 1.39. The topological polar surface area (TPSA) is 50.7 Å². The lowest BCUT2D eigenvalue weighted by molar-refractivity contribution is 0.165. The molecule has 0 aromatic heterocycles. The highest BCUT2D eigenvalue weighted by Gasteiger charge is 2.24. The molecular weight excluding hydrogens is 218 g/mol. The van der Waals surface area contributed by atoms with E-state index in [1.807, 2.05) is 12.1 Å². The molecule has 4 nitrogen and oxygen atoms in total. The SMILES string of the molecule is Oc1c(C2CCCCN2)ccc2c1OCCO2. The fourth-order valence-electron chi connectivity index (χ4n) is 2.51. The average Bonchev–Trinajstić information content (AvgIpc) is 2.40. The predicted octanol–water partition coefficient (Wildman–Crippen LogP) is 1.98. The van der Waals surface area contributed by atoms with Crippen LogP contribution in [0.5, 0.6) is 17.2 Å². The third-order valence-electron chi connectivity index (χ3n) is 3.40. The van der Waals surface area contributed by atoms with Crippen molar-refractivity contribution in [2.75, 3.05) is 19.8 Å². The smallest absolute Gasteiger partial charge is 0.203 e. The van der Waals surface area contributed by atoms with E-state index in [1.54, 1.807) is 0 Å². The average molecular weight is 235 g/mol. The second kappa shape index (κ2) is 4.45. The number of rotatable bonds is 1. The van der Waals surface area contributed by atoms with Crippen molar-refractivity contribution in [2.45, 2.75) is 25.3 Å². The van der Waals surface area contributed by atoms with E-state index in [0.717, 1.165) is 18.5 Å². The molecule has 1 aromatic rings. The molecule has 2 aliphatic rings. The van der Waals surface area contributed by atoms with E-state index >= 15 is 0 Å². The highest BCUT2D eigenvalue weighted by Crippen LogP contribution is 2.44.